The molecule has 2 rings (SSSR count). The third-order valence-electron chi connectivity index (χ3n) is 2.51. The highest BCUT2D eigenvalue weighted by molar-refractivity contribution is 7.93. The van der Waals surface area contributed by atoms with Gasteiger partial charge in [0.15, 0.2) is 0 Å². The topological polar surface area (TPSA) is 98.0 Å². The number of aryl methyl sites for hydroxylation is 2. The normalized spacial score (nSPS) is 11.5. The number of benzene rings is 1. The van der Waals surface area contributed by atoms with Gasteiger partial charge in [-0.25, -0.2) is 13.4 Å². The highest BCUT2D eigenvalue weighted by Crippen LogP contribution is 2.23. The fourth-order valence-electron chi connectivity index (χ4n) is 1.62. The van der Waals surface area contributed by atoms with E-state index in [9.17, 15) is 8.42 Å². The van der Waals surface area contributed by atoms with Gasteiger partial charge >= 0.3 is 0 Å². The summed E-state index contributed by atoms with van der Waals surface area (Å²) < 4.78 is 31.0. The molecule has 0 aliphatic rings. The van der Waals surface area contributed by atoms with Gasteiger partial charge in [-0.3, -0.25) is 4.72 Å². The van der Waals surface area contributed by atoms with Crippen LogP contribution in [0.1, 0.15) is 18.3 Å². The number of nitrogen functional groups attached to an aromatic ring is 1. The minimum Gasteiger partial charge on any atom is -0.399 e. The Morgan fingerprint density at radius 3 is 2.74 bits per heavy atom. The Labute approximate surface area is 115 Å². The van der Waals surface area contributed by atoms with Crippen molar-refractivity contribution in [1.82, 2.24) is 9.36 Å². The molecule has 0 bridgehead atoms. The number of hydrogen-bond acceptors (Lipinski definition) is 6. The van der Waals surface area contributed by atoms with Crippen molar-refractivity contribution in [2.24, 2.45) is 0 Å². The van der Waals surface area contributed by atoms with Crippen LogP contribution in [0.2, 0.25) is 0 Å². The fraction of sp³-hybridized carbons (Fsp3) is 0.273. The SMILES string of the molecule is CCc1ccc(N)cc1S(=O)(=O)Nc1nc(C)ns1. The summed E-state index contributed by atoms with van der Waals surface area (Å²) in [5.74, 6) is 0.533. The first kappa shape index (κ1) is 13.8. The van der Waals surface area contributed by atoms with Gasteiger partial charge in [0.05, 0.1) is 4.90 Å². The highest BCUT2D eigenvalue weighted by Gasteiger charge is 2.19. The number of nitrogens with zero attached hydrogens (tertiary/aromatic N) is 2. The van der Waals surface area contributed by atoms with Crippen molar-refractivity contribution in [3.8, 4) is 0 Å². The van der Waals surface area contributed by atoms with Gasteiger partial charge in [-0.2, -0.15) is 4.37 Å². The van der Waals surface area contributed by atoms with Crippen LogP contribution in [0.4, 0.5) is 10.8 Å². The molecule has 8 heteroatoms. The second kappa shape index (κ2) is 5.14. The van der Waals surface area contributed by atoms with E-state index in [4.69, 9.17) is 5.73 Å². The van der Waals surface area contributed by atoms with Gasteiger partial charge in [0.2, 0.25) is 5.13 Å². The summed E-state index contributed by atoms with van der Waals surface area (Å²) in [6.07, 6.45) is 0.603. The monoisotopic (exact) mass is 298 g/mol. The molecule has 1 aromatic heterocycles. The molecule has 0 fully saturated rings. The number of anilines is 2. The Hall–Kier alpha value is -1.67. The molecule has 0 spiro atoms. The molecular weight excluding hydrogens is 284 g/mol. The van der Waals surface area contributed by atoms with E-state index < -0.39 is 10.0 Å². The molecule has 0 unspecified atom stereocenters. The first-order valence-corrected chi connectivity index (χ1v) is 7.89. The quantitative estimate of drug-likeness (QED) is 0.839. The van der Waals surface area contributed by atoms with Crippen LogP contribution in [0.5, 0.6) is 0 Å². The lowest BCUT2D eigenvalue weighted by atomic mass is 10.1. The smallest absolute Gasteiger partial charge is 0.264 e. The van der Waals surface area contributed by atoms with E-state index in [-0.39, 0.29) is 10.0 Å². The first-order valence-electron chi connectivity index (χ1n) is 5.64. The summed E-state index contributed by atoms with van der Waals surface area (Å²) >= 11 is 1.01. The lowest BCUT2D eigenvalue weighted by molar-refractivity contribution is 0.600. The number of aromatic nitrogens is 2. The van der Waals surface area contributed by atoms with Gasteiger partial charge in [0, 0.05) is 17.2 Å². The predicted octanol–water partition coefficient (Wildman–Crippen LogP) is 1.79. The van der Waals surface area contributed by atoms with Crippen LogP contribution in [0.25, 0.3) is 0 Å². The van der Waals surface area contributed by atoms with Crippen LogP contribution < -0.4 is 10.5 Å². The van der Waals surface area contributed by atoms with E-state index in [1.807, 2.05) is 6.92 Å². The Balaban J connectivity index is 2.41. The predicted molar refractivity (Wildman–Crippen MR) is 75.7 cm³/mol. The number of rotatable bonds is 4. The zero-order valence-corrected chi connectivity index (χ0v) is 12.2. The molecule has 0 aliphatic carbocycles. The molecule has 0 radical (unpaired) electrons. The van der Waals surface area contributed by atoms with Crippen molar-refractivity contribution >= 4 is 32.4 Å². The number of nitrogens with one attached hydrogen (secondary N) is 1. The van der Waals surface area contributed by atoms with Crippen LogP contribution in [-0.2, 0) is 16.4 Å². The van der Waals surface area contributed by atoms with Gasteiger partial charge in [0.25, 0.3) is 10.0 Å². The first-order chi connectivity index (χ1) is 8.92. The van der Waals surface area contributed by atoms with E-state index in [1.54, 1.807) is 19.1 Å². The summed E-state index contributed by atoms with van der Waals surface area (Å²) in [7, 11) is -3.69. The van der Waals surface area contributed by atoms with Crippen molar-refractivity contribution < 1.29 is 8.42 Å². The number of hydrogen-bond donors (Lipinski definition) is 2. The molecule has 0 aliphatic heterocycles. The van der Waals surface area contributed by atoms with Gasteiger partial charge in [-0.15, -0.1) is 0 Å². The van der Waals surface area contributed by atoms with Crippen molar-refractivity contribution in [1.29, 1.82) is 0 Å². The molecule has 102 valence electrons. The molecule has 0 saturated heterocycles. The van der Waals surface area contributed by atoms with E-state index in [1.165, 1.54) is 6.07 Å². The highest BCUT2D eigenvalue weighted by atomic mass is 32.2. The van der Waals surface area contributed by atoms with E-state index >= 15 is 0 Å². The summed E-state index contributed by atoms with van der Waals surface area (Å²) in [5.41, 5.74) is 6.78. The van der Waals surface area contributed by atoms with Crippen LogP contribution in [0, 0.1) is 6.92 Å². The zero-order chi connectivity index (χ0) is 14.0. The Kier molecular flexibility index (Phi) is 3.72. The average molecular weight is 298 g/mol. The van der Waals surface area contributed by atoms with Crippen LogP contribution in [-0.4, -0.2) is 17.8 Å². The van der Waals surface area contributed by atoms with Crippen molar-refractivity contribution in [3.05, 3.63) is 29.6 Å². The molecule has 2 aromatic rings. The summed E-state index contributed by atoms with van der Waals surface area (Å²) in [6.45, 7) is 3.59. The van der Waals surface area contributed by atoms with Crippen LogP contribution in [0.3, 0.4) is 0 Å². The van der Waals surface area contributed by atoms with Gasteiger partial charge in [-0.1, -0.05) is 13.0 Å². The minimum atomic E-state index is -3.69. The van der Waals surface area contributed by atoms with Crippen molar-refractivity contribution in [2.75, 3.05) is 10.5 Å². The average Bonchev–Trinajstić information content (AvgIpc) is 2.74. The second-order valence-corrected chi connectivity index (χ2v) is 6.38. The third kappa shape index (κ3) is 3.02. The molecular formula is C11H14N4O2S2. The van der Waals surface area contributed by atoms with Crippen molar-refractivity contribution in [3.63, 3.8) is 0 Å². The van der Waals surface area contributed by atoms with E-state index in [0.717, 1.165) is 11.5 Å². The maximum Gasteiger partial charge on any atom is 0.264 e. The Morgan fingerprint density at radius 1 is 1.42 bits per heavy atom. The Morgan fingerprint density at radius 2 is 2.16 bits per heavy atom. The molecule has 0 saturated carbocycles. The van der Waals surface area contributed by atoms with Gasteiger partial charge in [0.1, 0.15) is 5.82 Å². The zero-order valence-electron chi connectivity index (χ0n) is 10.5. The van der Waals surface area contributed by atoms with Gasteiger partial charge < -0.3 is 5.73 Å². The van der Waals surface area contributed by atoms with Crippen molar-refractivity contribution in [2.45, 2.75) is 25.2 Å². The Bertz CT molecular complexity index is 694. The fourth-order valence-corrected chi connectivity index (χ4v) is 3.77. The largest absolute Gasteiger partial charge is 0.399 e. The van der Waals surface area contributed by atoms with Gasteiger partial charge in [-0.05, 0) is 31.0 Å². The summed E-state index contributed by atoms with van der Waals surface area (Å²) in [6, 6.07) is 4.86. The third-order valence-corrected chi connectivity index (χ3v) is 4.78. The molecule has 1 aromatic carbocycles. The van der Waals surface area contributed by atoms with Crippen LogP contribution >= 0.6 is 11.5 Å². The standard InChI is InChI=1S/C11H14N4O2S2/c1-3-8-4-5-9(12)6-10(8)19(16,17)15-11-13-7(2)14-18-11/h4-6H,3,12H2,1-2H3,(H,13,14,15). The number of sulfonamides is 1. The molecule has 0 amide bonds. The van der Waals surface area contributed by atoms with Crippen LogP contribution in [0.15, 0.2) is 23.1 Å². The molecule has 3 N–H and O–H groups in total. The second-order valence-electron chi connectivity index (χ2n) is 3.97. The maximum absolute atomic E-state index is 12.3. The summed E-state index contributed by atoms with van der Waals surface area (Å²) in [4.78, 5) is 4.17. The minimum absolute atomic E-state index is 0.183. The number of nitrogens with two attached hydrogens (primary N) is 1. The van der Waals surface area contributed by atoms with E-state index in [0.29, 0.717) is 23.5 Å². The lowest BCUT2D eigenvalue weighted by Crippen LogP contribution is -2.15. The summed E-state index contributed by atoms with van der Waals surface area (Å²) in [5, 5.41) is 0.252. The maximum atomic E-state index is 12.3. The lowest BCUT2D eigenvalue weighted by Gasteiger charge is -2.10. The molecule has 6 nitrogen and oxygen atoms in total. The molecule has 0 atom stereocenters. The molecule has 19 heavy (non-hydrogen) atoms. The molecule has 1 heterocycles. The van der Waals surface area contributed by atoms with E-state index in [2.05, 4.69) is 14.1 Å².